The zero-order valence-corrected chi connectivity index (χ0v) is 21.3. The second-order valence-electron chi connectivity index (χ2n) is 10.1. The van der Waals surface area contributed by atoms with Crippen LogP contribution in [0.3, 0.4) is 0 Å². The lowest BCUT2D eigenvalue weighted by Gasteiger charge is -2.36. The summed E-state index contributed by atoms with van der Waals surface area (Å²) in [7, 11) is 3.90. The van der Waals surface area contributed by atoms with Crippen LogP contribution in [0.5, 0.6) is 0 Å². The van der Waals surface area contributed by atoms with E-state index in [9.17, 15) is 9.18 Å². The SMILES string of the molecule is CNC1CCC(N(C)c2c(F)c(Cl)c(-c3ccn4nc(NC(=O)C5CC5F)cc4c3)c3cn[nH]c23)CC1. The van der Waals surface area contributed by atoms with Gasteiger partial charge in [0.1, 0.15) is 11.9 Å². The van der Waals surface area contributed by atoms with Crippen LogP contribution in [0.15, 0.2) is 30.6 Å². The summed E-state index contributed by atoms with van der Waals surface area (Å²) < 4.78 is 30.8. The summed E-state index contributed by atoms with van der Waals surface area (Å²) in [6.45, 7) is 0. The van der Waals surface area contributed by atoms with E-state index >= 15 is 4.39 Å². The van der Waals surface area contributed by atoms with E-state index in [-0.39, 0.29) is 23.4 Å². The molecule has 2 unspecified atom stereocenters. The van der Waals surface area contributed by atoms with Crippen LogP contribution < -0.4 is 15.5 Å². The fourth-order valence-corrected chi connectivity index (χ4v) is 5.81. The lowest BCUT2D eigenvalue weighted by Crippen LogP contribution is -2.40. The van der Waals surface area contributed by atoms with E-state index in [4.69, 9.17) is 11.6 Å². The van der Waals surface area contributed by atoms with Crippen molar-refractivity contribution in [2.45, 2.75) is 50.4 Å². The van der Waals surface area contributed by atoms with Gasteiger partial charge in [0.05, 0.1) is 28.2 Å². The molecule has 0 spiro atoms. The van der Waals surface area contributed by atoms with Crippen molar-refractivity contribution < 1.29 is 13.6 Å². The molecular formula is C26H28ClF2N7O. The number of H-pyrrole nitrogens is 1. The zero-order valence-electron chi connectivity index (χ0n) is 20.6. The molecule has 4 aromatic rings. The molecule has 0 aliphatic heterocycles. The van der Waals surface area contributed by atoms with Crippen molar-refractivity contribution in [3.8, 4) is 11.1 Å². The van der Waals surface area contributed by atoms with E-state index in [1.54, 1.807) is 29.0 Å². The molecule has 11 heteroatoms. The molecule has 0 radical (unpaired) electrons. The molecule has 194 valence electrons. The van der Waals surface area contributed by atoms with Crippen molar-refractivity contribution >= 4 is 45.4 Å². The molecule has 3 heterocycles. The van der Waals surface area contributed by atoms with Crippen LogP contribution in [0.4, 0.5) is 20.3 Å². The second kappa shape index (κ2) is 9.25. The van der Waals surface area contributed by atoms with Crippen LogP contribution in [-0.2, 0) is 4.79 Å². The normalized spacial score (nSPS) is 23.5. The van der Waals surface area contributed by atoms with Crippen molar-refractivity contribution in [1.29, 1.82) is 0 Å². The highest BCUT2D eigenvalue weighted by molar-refractivity contribution is 6.36. The molecule has 8 nitrogen and oxygen atoms in total. The van der Waals surface area contributed by atoms with E-state index < -0.39 is 17.9 Å². The van der Waals surface area contributed by atoms with Crippen LogP contribution >= 0.6 is 11.6 Å². The van der Waals surface area contributed by atoms with Gasteiger partial charge in [-0.3, -0.25) is 9.89 Å². The smallest absolute Gasteiger partial charge is 0.231 e. The number of nitrogens with one attached hydrogen (secondary N) is 3. The number of carbonyl (C=O) groups excluding carboxylic acids is 1. The van der Waals surface area contributed by atoms with Crippen molar-refractivity contribution in [2.24, 2.45) is 5.92 Å². The Morgan fingerprint density at radius 2 is 2.03 bits per heavy atom. The number of aromatic nitrogens is 4. The minimum atomic E-state index is -1.08. The summed E-state index contributed by atoms with van der Waals surface area (Å²) in [5, 5.41) is 18.3. The number of fused-ring (bicyclic) bond motifs is 2. The number of anilines is 2. The molecule has 0 bridgehead atoms. The fourth-order valence-electron chi connectivity index (χ4n) is 5.51. The predicted octanol–water partition coefficient (Wildman–Crippen LogP) is 4.93. The van der Waals surface area contributed by atoms with Gasteiger partial charge in [-0.2, -0.15) is 10.2 Å². The van der Waals surface area contributed by atoms with Crippen LogP contribution in [0, 0.1) is 11.7 Å². The lowest BCUT2D eigenvalue weighted by atomic mass is 9.90. The quantitative estimate of drug-likeness (QED) is 0.331. The summed E-state index contributed by atoms with van der Waals surface area (Å²) in [4.78, 5) is 14.1. The topological polar surface area (TPSA) is 90.3 Å². The van der Waals surface area contributed by atoms with E-state index in [0.29, 0.717) is 39.7 Å². The number of rotatable bonds is 6. The number of amides is 1. The summed E-state index contributed by atoms with van der Waals surface area (Å²) in [6, 6.07) is 6.01. The fraction of sp³-hybridized carbons (Fsp3) is 0.423. The number of pyridine rings is 1. The largest absolute Gasteiger partial charge is 0.367 e. The molecule has 6 rings (SSSR count). The van der Waals surface area contributed by atoms with Gasteiger partial charge < -0.3 is 15.5 Å². The van der Waals surface area contributed by atoms with Crippen LogP contribution in [0.2, 0.25) is 5.02 Å². The number of halogens is 3. The first kappa shape index (κ1) is 24.1. The maximum atomic E-state index is 15.9. The monoisotopic (exact) mass is 527 g/mol. The Morgan fingerprint density at radius 3 is 2.73 bits per heavy atom. The summed E-state index contributed by atoms with van der Waals surface area (Å²) in [5.41, 5.74) is 2.93. The van der Waals surface area contributed by atoms with Gasteiger partial charge in [0.25, 0.3) is 0 Å². The second-order valence-corrected chi connectivity index (χ2v) is 10.5. The minimum Gasteiger partial charge on any atom is -0.367 e. The molecule has 1 amide bonds. The Bertz CT molecular complexity index is 1490. The Hall–Kier alpha value is -3.24. The molecule has 1 aromatic carbocycles. The van der Waals surface area contributed by atoms with Gasteiger partial charge in [-0.25, -0.2) is 13.3 Å². The summed E-state index contributed by atoms with van der Waals surface area (Å²) in [6.07, 6.45) is 6.54. The lowest BCUT2D eigenvalue weighted by molar-refractivity contribution is -0.117. The number of hydrogen-bond donors (Lipinski definition) is 3. The molecule has 2 aliphatic carbocycles. The molecule has 3 N–H and O–H groups in total. The molecule has 0 saturated heterocycles. The number of alkyl halides is 1. The van der Waals surface area contributed by atoms with Gasteiger partial charge >= 0.3 is 0 Å². The Morgan fingerprint density at radius 1 is 1.27 bits per heavy atom. The maximum absolute atomic E-state index is 15.9. The number of aromatic amines is 1. The first-order valence-electron chi connectivity index (χ1n) is 12.5. The van der Waals surface area contributed by atoms with Crippen molar-refractivity contribution in [3.63, 3.8) is 0 Å². The minimum absolute atomic E-state index is 0.0276. The average molecular weight is 528 g/mol. The van der Waals surface area contributed by atoms with Crippen LogP contribution in [-0.4, -0.2) is 58.1 Å². The van der Waals surface area contributed by atoms with Crippen LogP contribution in [0.25, 0.3) is 27.5 Å². The highest BCUT2D eigenvalue weighted by Gasteiger charge is 2.43. The first-order valence-corrected chi connectivity index (χ1v) is 12.9. The third kappa shape index (κ3) is 4.21. The number of benzene rings is 1. The molecule has 2 aliphatic rings. The first-order chi connectivity index (χ1) is 17.9. The zero-order chi connectivity index (χ0) is 25.8. The number of nitrogens with zero attached hydrogens (tertiary/aromatic N) is 4. The maximum Gasteiger partial charge on any atom is 0.231 e. The summed E-state index contributed by atoms with van der Waals surface area (Å²) >= 11 is 6.71. The third-order valence-electron chi connectivity index (χ3n) is 7.82. The van der Waals surface area contributed by atoms with Gasteiger partial charge in [-0.05, 0) is 56.8 Å². The third-order valence-corrected chi connectivity index (χ3v) is 8.18. The van der Waals surface area contributed by atoms with Gasteiger partial charge in [-0.15, -0.1) is 0 Å². The number of carbonyl (C=O) groups is 1. The molecule has 2 atom stereocenters. The predicted molar refractivity (Wildman–Crippen MR) is 140 cm³/mol. The molecule has 37 heavy (non-hydrogen) atoms. The molecule has 2 fully saturated rings. The standard InChI is InChI=1S/C26H28ClF2N7O/c1-30-14-3-5-15(6-4-14)35(2)25-23(29)22(27)21(18-12-31-33-24(18)25)13-7-8-36-16(9-13)10-20(34-36)32-26(37)17-11-19(17)28/h7-10,12,14-15,17,19,30H,3-6,11H2,1-2H3,(H,31,33)(H,32,34,37). The average Bonchev–Trinajstić information content (AvgIpc) is 3.25. The van der Waals surface area contributed by atoms with Crippen molar-refractivity contribution in [2.75, 3.05) is 24.3 Å². The van der Waals surface area contributed by atoms with Gasteiger partial charge in [0.2, 0.25) is 5.91 Å². The van der Waals surface area contributed by atoms with Gasteiger partial charge in [-0.1, -0.05) is 11.6 Å². The van der Waals surface area contributed by atoms with Gasteiger partial charge in [0.15, 0.2) is 11.6 Å². The molecule has 3 aromatic heterocycles. The Labute approximate surface area is 217 Å². The molecular weight excluding hydrogens is 500 g/mol. The number of hydrogen-bond acceptors (Lipinski definition) is 5. The Kier molecular flexibility index (Phi) is 6.03. The highest BCUT2D eigenvalue weighted by atomic mass is 35.5. The summed E-state index contributed by atoms with van der Waals surface area (Å²) in [5.74, 6) is -1.14. The van der Waals surface area contributed by atoms with E-state index in [0.717, 1.165) is 31.1 Å². The van der Waals surface area contributed by atoms with Crippen molar-refractivity contribution in [3.05, 3.63) is 41.4 Å². The van der Waals surface area contributed by atoms with E-state index in [1.165, 1.54) is 0 Å². The Balaban J connectivity index is 1.35. The van der Waals surface area contributed by atoms with Crippen LogP contribution in [0.1, 0.15) is 32.1 Å². The highest BCUT2D eigenvalue weighted by Crippen LogP contribution is 2.44. The van der Waals surface area contributed by atoms with E-state index in [2.05, 4.69) is 25.9 Å². The molecule has 2 saturated carbocycles. The van der Waals surface area contributed by atoms with Gasteiger partial charge in [0, 0.05) is 42.3 Å². The van der Waals surface area contributed by atoms with E-state index in [1.807, 2.05) is 25.1 Å². The van der Waals surface area contributed by atoms with Crippen molar-refractivity contribution in [1.82, 2.24) is 25.1 Å².